The van der Waals surface area contributed by atoms with Gasteiger partial charge in [0.1, 0.15) is 12.2 Å². The maximum Gasteiger partial charge on any atom is 0.191 e. The van der Waals surface area contributed by atoms with E-state index in [1.165, 1.54) is 0 Å². The molecular formula is C23H28F2N6O4S. The predicted octanol–water partition coefficient (Wildman–Crippen LogP) is 2.01. The predicted molar refractivity (Wildman–Crippen MR) is 128 cm³/mol. The van der Waals surface area contributed by atoms with E-state index in [1.807, 2.05) is 0 Å². The van der Waals surface area contributed by atoms with E-state index in [0.29, 0.717) is 0 Å². The van der Waals surface area contributed by atoms with Gasteiger partial charge in [0.15, 0.2) is 33.8 Å². The summed E-state index contributed by atoms with van der Waals surface area (Å²) in [5, 5.41) is 40.3. The van der Waals surface area contributed by atoms with Gasteiger partial charge in [0.05, 0.1) is 36.3 Å². The summed E-state index contributed by atoms with van der Waals surface area (Å²) in [5.41, 5.74) is -5.32. The lowest BCUT2D eigenvalue weighted by atomic mass is 10.1. The number of thioether (sulfide) groups is 1. The molecule has 0 aliphatic heterocycles. The van der Waals surface area contributed by atoms with Crippen molar-refractivity contribution in [3.05, 3.63) is 35.3 Å². The molecular weight excluding hydrogens is 494 g/mol. The normalized spacial score (nSPS) is 48.1. The van der Waals surface area contributed by atoms with E-state index in [-0.39, 0.29) is 16.4 Å². The minimum atomic E-state index is -4.10. The van der Waals surface area contributed by atoms with Crippen LogP contribution in [0.5, 0.6) is 0 Å². The molecule has 2 aliphatic carbocycles. The van der Waals surface area contributed by atoms with E-state index in [9.17, 15) is 24.1 Å². The Morgan fingerprint density at radius 3 is 2.94 bits per heavy atom. The molecule has 3 aromatic rings. The van der Waals surface area contributed by atoms with E-state index in [1.54, 1.807) is 0 Å². The van der Waals surface area contributed by atoms with Gasteiger partial charge in [-0.05, 0) is 30.4 Å². The highest BCUT2D eigenvalue weighted by Crippen LogP contribution is 2.44. The topological polar surface area (TPSA) is 138 Å². The first-order chi connectivity index (χ1) is 23.0. The second kappa shape index (κ2) is 10.5. The van der Waals surface area contributed by atoms with Crippen LogP contribution in [-0.4, -0.2) is 83.5 Å². The fourth-order valence-electron chi connectivity index (χ4n) is 3.18. The lowest BCUT2D eigenvalue weighted by molar-refractivity contribution is -0.0629. The van der Waals surface area contributed by atoms with Crippen molar-refractivity contribution >= 4 is 28.7 Å². The molecule has 0 amide bonds. The second-order valence-electron chi connectivity index (χ2n) is 7.19. The molecule has 2 aliphatic rings. The van der Waals surface area contributed by atoms with Crippen LogP contribution in [0.2, 0.25) is 0 Å². The van der Waals surface area contributed by atoms with Crippen molar-refractivity contribution in [2.24, 2.45) is 0 Å². The van der Waals surface area contributed by atoms with Gasteiger partial charge in [-0.2, -0.15) is 0 Å². The molecule has 5 rings (SSSR count). The zero-order chi connectivity index (χ0) is 38.9. The van der Waals surface area contributed by atoms with Crippen LogP contribution in [0.15, 0.2) is 23.3 Å². The molecule has 0 spiro atoms. The van der Waals surface area contributed by atoms with E-state index >= 15 is 0 Å². The summed E-state index contributed by atoms with van der Waals surface area (Å²) in [6, 6.07) is -9.89. The minimum Gasteiger partial charge on any atom is -0.394 e. The highest BCUT2D eigenvalue weighted by molar-refractivity contribution is 7.99. The molecule has 1 unspecified atom stereocenters. The Labute approximate surface area is 231 Å². The Hall–Kier alpha value is -2.45. The third-order valence-corrected chi connectivity index (χ3v) is 5.53. The van der Waals surface area contributed by atoms with Crippen molar-refractivity contribution < 1.29 is 49.4 Å². The molecule has 1 aromatic carbocycles. The summed E-state index contributed by atoms with van der Waals surface area (Å²) in [6.45, 7) is -0.943. The first-order valence-electron chi connectivity index (χ1n) is 17.7. The Morgan fingerprint density at radius 2 is 2.17 bits per heavy atom. The molecule has 36 heavy (non-hydrogen) atoms. The highest BCUT2D eigenvalue weighted by Gasteiger charge is 2.45. The van der Waals surface area contributed by atoms with E-state index in [0.717, 1.165) is 6.92 Å². The molecule has 0 saturated heterocycles. The molecule has 4 N–H and O–H groups in total. The van der Waals surface area contributed by atoms with E-state index < -0.39 is 132 Å². The first kappa shape index (κ1) is 12.9. The van der Waals surface area contributed by atoms with Gasteiger partial charge in [-0.15, -0.1) is 5.10 Å². The number of nitrogens with one attached hydrogen (secondary N) is 1. The number of nitrogens with zero attached hydrogens (tertiary/aromatic N) is 5. The van der Waals surface area contributed by atoms with Crippen LogP contribution in [0, 0.1) is 11.6 Å². The maximum absolute atomic E-state index is 14.5. The number of aromatic nitrogens is 5. The number of rotatable bonds is 10. The second-order valence-corrected chi connectivity index (χ2v) is 7.96. The number of benzene rings is 1. The highest BCUT2D eigenvalue weighted by atomic mass is 32.2. The monoisotopic (exact) mass is 537 g/mol. The molecule has 2 saturated carbocycles. The van der Waals surface area contributed by atoms with Crippen molar-refractivity contribution in [3.8, 4) is 0 Å². The number of ether oxygens (including phenoxy) is 1. The minimum absolute atomic E-state index is 0.00175. The molecule has 2 heterocycles. The van der Waals surface area contributed by atoms with Crippen LogP contribution in [0.4, 0.5) is 14.6 Å². The summed E-state index contributed by atoms with van der Waals surface area (Å²) in [7, 11) is 0. The van der Waals surface area contributed by atoms with Crippen molar-refractivity contribution in [2.45, 2.75) is 67.4 Å². The molecule has 6 atom stereocenters. The Balaban J connectivity index is 1.74. The lowest BCUT2D eigenvalue weighted by Gasteiger charge is -2.17. The summed E-state index contributed by atoms with van der Waals surface area (Å²) in [5.74, 6) is -6.85. The number of halogens is 2. The zero-order valence-electron chi connectivity index (χ0n) is 33.3. The van der Waals surface area contributed by atoms with E-state index in [2.05, 4.69) is 25.6 Å². The van der Waals surface area contributed by atoms with Crippen LogP contribution >= 0.6 is 11.8 Å². The van der Waals surface area contributed by atoms with Gasteiger partial charge in [-0.25, -0.2) is 23.4 Å². The van der Waals surface area contributed by atoms with E-state index in [4.69, 9.17) is 25.3 Å². The number of hydrogen-bond acceptors (Lipinski definition) is 10. The summed E-state index contributed by atoms with van der Waals surface area (Å²) >= 11 is 0.00175. The lowest BCUT2D eigenvalue weighted by Crippen LogP contribution is -2.33. The van der Waals surface area contributed by atoms with Crippen molar-refractivity contribution in [1.82, 2.24) is 25.0 Å². The Bertz CT molecular complexity index is 1910. The summed E-state index contributed by atoms with van der Waals surface area (Å²) in [4.78, 5) is 7.99. The fraction of sp³-hybridized carbons (Fsp3) is 0.565. The van der Waals surface area contributed by atoms with Gasteiger partial charge in [-0.3, -0.25) is 0 Å². The molecule has 194 valence electrons. The van der Waals surface area contributed by atoms with Gasteiger partial charge < -0.3 is 25.4 Å². The number of anilines is 1. The van der Waals surface area contributed by atoms with Gasteiger partial charge in [0, 0.05) is 33.6 Å². The van der Waals surface area contributed by atoms with Gasteiger partial charge in [-0.1, -0.05) is 29.9 Å². The SMILES string of the molecule is [2H]c1c([2H])c(C2([2H])C[C@]2([2H])Nc2nc(SC([2H])([2H])C([2H])([2H])C)nc3c2nnn3[C@]2([2H])C([2H])([2H])[C@]([2H])(OCCO)[C@@]([2H])(O)[C@@]2([2H])O)c([2H])c(F)c1F. The standard InChI is InChI=1S/C23H28F2N6O4S/c1-2-7-36-23-27-21(26-15-9-12(15)11-3-4-13(24)14(25)8-11)18-22(28-23)31(30-29-18)16-10-17(35-6-5-32)20(34)19(16)33/h3-4,8,12,15-17,19-20,32-34H,2,5-7,9-10H2,1H3,(H,26,27,28)/t12?,15-,16+,17-,19-,20+/m0/s1/i2D2,3D,4D,7D2,8D,10D2,12D,15D,16D,17D,19D,20D. The number of fused-ring (bicyclic) bond motifs is 1. The molecule has 2 aromatic heterocycles. The average Bonchev–Trinajstić information content (AvgIpc) is 3.28. The van der Waals surface area contributed by atoms with Crippen molar-refractivity contribution in [3.63, 3.8) is 0 Å². The Kier molecular flexibility index (Phi) is 3.75. The van der Waals surface area contributed by atoms with Crippen molar-refractivity contribution in [1.29, 1.82) is 0 Å². The maximum atomic E-state index is 14.5. The van der Waals surface area contributed by atoms with Crippen molar-refractivity contribution in [2.75, 3.05) is 24.2 Å². The third kappa shape index (κ3) is 4.90. The molecule has 0 bridgehead atoms. The number of aliphatic hydroxyl groups is 3. The third-order valence-electron chi connectivity index (χ3n) is 4.86. The van der Waals surface area contributed by atoms with Crippen LogP contribution < -0.4 is 5.32 Å². The average molecular weight is 538 g/mol. The summed E-state index contributed by atoms with van der Waals surface area (Å²) in [6.07, 6.45) is -18.9. The molecule has 10 nitrogen and oxygen atoms in total. The summed E-state index contributed by atoms with van der Waals surface area (Å²) < 4.78 is 159. The fourth-order valence-corrected chi connectivity index (χ4v) is 3.64. The molecule has 2 fully saturated rings. The smallest absolute Gasteiger partial charge is 0.191 e. The quantitative estimate of drug-likeness (QED) is 0.224. The van der Waals surface area contributed by atoms with Crippen LogP contribution in [0.3, 0.4) is 0 Å². The molecule has 13 heteroatoms. The van der Waals surface area contributed by atoms with Gasteiger partial charge >= 0.3 is 0 Å². The largest absolute Gasteiger partial charge is 0.394 e. The van der Waals surface area contributed by atoms with Gasteiger partial charge in [0.2, 0.25) is 0 Å². The zero-order valence-corrected chi connectivity index (χ0v) is 19.1. The van der Waals surface area contributed by atoms with Gasteiger partial charge in [0.25, 0.3) is 0 Å². The first-order valence-corrected chi connectivity index (χ1v) is 11.0. The number of aliphatic hydroxyl groups excluding tert-OH is 1. The van der Waals surface area contributed by atoms with Crippen LogP contribution in [-0.2, 0) is 4.74 Å². The Morgan fingerprint density at radius 1 is 1.33 bits per heavy atom. The molecule has 0 radical (unpaired) electrons. The van der Waals surface area contributed by atoms with Crippen LogP contribution in [0.25, 0.3) is 11.2 Å². The number of hydrogen-bond donors (Lipinski definition) is 4. The van der Waals surface area contributed by atoms with Crippen LogP contribution in [0.1, 0.15) is 64.1 Å².